The fraction of sp³-hybridized carbons (Fsp3) is 0.278. The molecule has 0 fully saturated rings. The third kappa shape index (κ3) is 2.82. The molecule has 3 rings (SSSR count). The lowest BCUT2D eigenvalue weighted by Crippen LogP contribution is -2.39. The zero-order valence-electron chi connectivity index (χ0n) is 15.3. The van der Waals surface area contributed by atoms with Gasteiger partial charge in [0, 0.05) is 28.2 Å². The minimum atomic E-state index is -0.607. The first-order valence-electron chi connectivity index (χ1n) is 7.99. The van der Waals surface area contributed by atoms with Crippen molar-refractivity contribution in [3.05, 3.63) is 54.7 Å². The van der Waals surface area contributed by atoms with Gasteiger partial charge in [0.25, 0.3) is 5.91 Å². The molecule has 136 valence electrons. The number of hydrogen-bond acceptors (Lipinski definition) is 5. The topological polar surface area (TPSA) is 76.3 Å². The number of benzene rings is 1. The molecule has 1 aromatic carbocycles. The number of aryl methyl sites for hydroxylation is 3. The lowest BCUT2D eigenvalue weighted by Gasteiger charge is -2.20. The molecule has 0 saturated carbocycles. The minimum absolute atomic E-state index is 0.199. The standard InChI is InChI=1S/C18H20N4O3S/c1-10-6-7-26-15(10)16(23)19-11-8-13-14(9-12(11)20(2)3)22(5)18(25)17(24)21(13)4/h6-9H,1-5H3,(H,19,23). The maximum Gasteiger partial charge on any atom is 0.316 e. The van der Waals surface area contributed by atoms with Gasteiger partial charge >= 0.3 is 11.1 Å². The zero-order chi connectivity index (χ0) is 19.2. The number of fused-ring (bicyclic) bond motifs is 1. The summed E-state index contributed by atoms with van der Waals surface area (Å²) in [6.45, 7) is 1.89. The van der Waals surface area contributed by atoms with Crippen molar-refractivity contribution in [3.63, 3.8) is 0 Å². The van der Waals surface area contributed by atoms with Crippen LogP contribution in [-0.2, 0) is 14.1 Å². The van der Waals surface area contributed by atoms with Crippen LogP contribution in [0.2, 0.25) is 0 Å². The van der Waals surface area contributed by atoms with E-state index in [1.807, 2.05) is 37.4 Å². The second-order valence-corrected chi connectivity index (χ2v) is 7.28. The molecule has 1 amide bonds. The number of nitrogens with zero attached hydrogens (tertiary/aromatic N) is 3. The largest absolute Gasteiger partial charge is 0.376 e. The molecule has 0 aliphatic rings. The second-order valence-electron chi connectivity index (χ2n) is 6.37. The van der Waals surface area contributed by atoms with Gasteiger partial charge in [-0.1, -0.05) is 0 Å². The first-order chi connectivity index (χ1) is 12.2. The average molecular weight is 372 g/mol. The van der Waals surface area contributed by atoms with Crippen molar-refractivity contribution in [2.45, 2.75) is 6.92 Å². The summed E-state index contributed by atoms with van der Waals surface area (Å²) in [5.41, 5.74) is 2.23. The molecule has 0 spiro atoms. The van der Waals surface area contributed by atoms with Gasteiger partial charge in [0.05, 0.1) is 27.3 Å². The SMILES string of the molecule is Cc1ccsc1C(=O)Nc1cc2c(cc1N(C)C)n(C)c(=O)c(=O)n2C. The predicted octanol–water partition coefficient (Wildman–Crippen LogP) is 1.93. The Balaban J connectivity index is 2.23. The summed E-state index contributed by atoms with van der Waals surface area (Å²) < 4.78 is 2.64. The van der Waals surface area contributed by atoms with E-state index in [1.165, 1.54) is 20.5 Å². The Bertz CT molecular complexity index is 1140. The quantitative estimate of drug-likeness (QED) is 0.713. The summed E-state index contributed by atoms with van der Waals surface area (Å²) in [5.74, 6) is -0.199. The third-order valence-corrected chi connectivity index (χ3v) is 5.42. The van der Waals surface area contributed by atoms with E-state index in [2.05, 4.69) is 5.32 Å². The van der Waals surface area contributed by atoms with Gasteiger partial charge in [-0.2, -0.15) is 0 Å². The van der Waals surface area contributed by atoms with Crippen molar-refractivity contribution >= 4 is 39.7 Å². The highest BCUT2D eigenvalue weighted by Crippen LogP contribution is 2.30. The molecule has 2 aromatic heterocycles. The molecule has 0 unspecified atom stereocenters. The highest BCUT2D eigenvalue weighted by molar-refractivity contribution is 7.12. The van der Waals surface area contributed by atoms with Gasteiger partial charge in [0.1, 0.15) is 0 Å². The molecule has 1 N–H and O–H groups in total. The Hall–Kier alpha value is -2.87. The fourth-order valence-electron chi connectivity index (χ4n) is 2.86. The van der Waals surface area contributed by atoms with Gasteiger partial charge in [-0.25, -0.2) is 0 Å². The molecular weight excluding hydrogens is 352 g/mol. The Morgan fingerprint density at radius 3 is 2.15 bits per heavy atom. The summed E-state index contributed by atoms with van der Waals surface area (Å²) in [5, 5.41) is 4.81. The highest BCUT2D eigenvalue weighted by atomic mass is 32.1. The monoisotopic (exact) mass is 372 g/mol. The molecule has 0 bridgehead atoms. The van der Waals surface area contributed by atoms with Crippen LogP contribution >= 0.6 is 11.3 Å². The average Bonchev–Trinajstić information content (AvgIpc) is 3.03. The molecule has 7 nitrogen and oxygen atoms in total. The first-order valence-corrected chi connectivity index (χ1v) is 8.87. The molecule has 0 aliphatic carbocycles. The van der Waals surface area contributed by atoms with E-state index >= 15 is 0 Å². The number of anilines is 2. The second kappa shape index (κ2) is 6.45. The van der Waals surface area contributed by atoms with Crippen LogP contribution in [0.1, 0.15) is 15.2 Å². The molecule has 0 radical (unpaired) electrons. The van der Waals surface area contributed by atoms with E-state index < -0.39 is 11.1 Å². The summed E-state index contributed by atoms with van der Waals surface area (Å²) in [6.07, 6.45) is 0. The number of thiophene rings is 1. The van der Waals surface area contributed by atoms with Crippen LogP contribution in [-0.4, -0.2) is 29.1 Å². The van der Waals surface area contributed by atoms with Gasteiger partial charge in [-0.3, -0.25) is 14.4 Å². The Labute approximate surface area is 154 Å². The molecule has 8 heteroatoms. The van der Waals surface area contributed by atoms with E-state index in [9.17, 15) is 14.4 Å². The van der Waals surface area contributed by atoms with Crippen molar-refractivity contribution in [1.29, 1.82) is 0 Å². The van der Waals surface area contributed by atoms with Crippen LogP contribution in [0.15, 0.2) is 33.2 Å². The maximum atomic E-state index is 12.6. The summed E-state index contributed by atoms with van der Waals surface area (Å²) in [7, 11) is 6.83. The molecule has 0 atom stereocenters. The number of rotatable bonds is 3. The zero-order valence-corrected chi connectivity index (χ0v) is 16.1. The van der Waals surface area contributed by atoms with E-state index in [4.69, 9.17) is 0 Å². The van der Waals surface area contributed by atoms with E-state index in [-0.39, 0.29) is 5.91 Å². The Morgan fingerprint density at radius 1 is 1.08 bits per heavy atom. The van der Waals surface area contributed by atoms with Gasteiger partial charge in [-0.15, -0.1) is 11.3 Å². The molecule has 0 aliphatic heterocycles. The normalized spacial score (nSPS) is 11.0. The lowest BCUT2D eigenvalue weighted by molar-refractivity contribution is 0.103. The number of aromatic nitrogens is 2. The van der Waals surface area contributed by atoms with Crippen LogP contribution < -0.4 is 21.3 Å². The van der Waals surface area contributed by atoms with Crippen molar-refractivity contribution < 1.29 is 4.79 Å². The number of amides is 1. The van der Waals surface area contributed by atoms with Crippen LogP contribution in [0, 0.1) is 6.92 Å². The molecule has 2 heterocycles. The van der Waals surface area contributed by atoms with E-state index in [0.717, 1.165) is 11.3 Å². The molecular formula is C18H20N4O3S. The van der Waals surface area contributed by atoms with Crippen LogP contribution in [0.3, 0.4) is 0 Å². The first kappa shape index (κ1) is 17.9. The van der Waals surface area contributed by atoms with E-state index in [0.29, 0.717) is 21.6 Å². The van der Waals surface area contributed by atoms with Crippen molar-refractivity contribution in [3.8, 4) is 0 Å². The van der Waals surface area contributed by atoms with Gasteiger partial charge in [0.2, 0.25) is 0 Å². The van der Waals surface area contributed by atoms with Crippen molar-refractivity contribution in [1.82, 2.24) is 9.13 Å². The van der Waals surface area contributed by atoms with Gasteiger partial charge in [0.15, 0.2) is 0 Å². The summed E-state index contributed by atoms with van der Waals surface area (Å²) in [4.78, 5) is 39.3. The molecule has 0 saturated heterocycles. The van der Waals surface area contributed by atoms with Crippen LogP contribution in [0.5, 0.6) is 0 Å². The maximum absolute atomic E-state index is 12.6. The lowest BCUT2D eigenvalue weighted by atomic mass is 10.2. The Morgan fingerprint density at radius 2 is 1.65 bits per heavy atom. The van der Waals surface area contributed by atoms with Gasteiger partial charge < -0.3 is 19.4 Å². The summed E-state index contributed by atoms with van der Waals surface area (Å²) >= 11 is 1.38. The van der Waals surface area contributed by atoms with Crippen LogP contribution in [0.25, 0.3) is 11.0 Å². The number of carbonyl (C=O) groups excluding carboxylic acids is 1. The predicted molar refractivity (Wildman–Crippen MR) is 106 cm³/mol. The van der Waals surface area contributed by atoms with Crippen molar-refractivity contribution in [2.75, 3.05) is 24.3 Å². The van der Waals surface area contributed by atoms with E-state index in [1.54, 1.807) is 26.2 Å². The Kier molecular flexibility index (Phi) is 4.45. The smallest absolute Gasteiger partial charge is 0.316 e. The number of nitrogens with one attached hydrogen (secondary N) is 1. The fourth-order valence-corrected chi connectivity index (χ4v) is 3.68. The summed E-state index contributed by atoms with van der Waals surface area (Å²) in [6, 6.07) is 5.42. The number of carbonyl (C=O) groups is 1. The highest BCUT2D eigenvalue weighted by Gasteiger charge is 2.17. The van der Waals surface area contributed by atoms with Crippen molar-refractivity contribution in [2.24, 2.45) is 14.1 Å². The molecule has 3 aromatic rings. The third-order valence-electron chi connectivity index (χ3n) is 4.41. The number of hydrogen-bond donors (Lipinski definition) is 1. The van der Waals surface area contributed by atoms with Crippen LogP contribution in [0.4, 0.5) is 11.4 Å². The minimum Gasteiger partial charge on any atom is -0.376 e. The van der Waals surface area contributed by atoms with Gasteiger partial charge in [-0.05, 0) is 36.1 Å². The molecule has 26 heavy (non-hydrogen) atoms.